The molecule has 0 bridgehead atoms. The molecule has 106 valence electrons. The Morgan fingerprint density at radius 2 is 2.00 bits per heavy atom. The number of rotatable bonds is 5. The lowest BCUT2D eigenvalue weighted by Crippen LogP contribution is -2.48. The molecule has 0 spiro atoms. The predicted octanol–water partition coefficient (Wildman–Crippen LogP) is -0.488. The molecule has 18 heavy (non-hydrogen) atoms. The number of hydrogen-bond donors (Lipinski definition) is 2. The Kier molecular flexibility index (Phi) is 5.55. The molecular weight excluding hydrogens is 254 g/mol. The first-order valence-corrected chi connectivity index (χ1v) is 8.22. The van der Waals surface area contributed by atoms with E-state index in [2.05, 4.69) is 4.72 Å². The molecule has 1 atom stereocenters. The van der Waals surface area contributed by atoms with Crippen molar-refractivity contribution in [2.45, 2.75) is 32.2 Å². The minimum atomic E-state index is -3.16. The van der Waals surface area contributed by atoms with Gasteiger partial charge in [0.2, 0.25) is 15.9 Å². The van der Waals surface area contributed by atoms with E-state index in [1.165, 1.54) is 0 Å². The number of sulfonamides is 1. The van der Waals surface area contributed by atoms with Crippen molar-refractivity contribution in [3.63, 3.8) is 0 Å². The van der Waals surface area contributed by atoms with Crippen molar-refractivity contribution in [1.29, 1.82) is 0 Å². The molecule has 1 aliphatic heterocycles. The third kappa shape index (κ3) is 4.55. The Balaban J connectivity index is 2.46. The molecule has 6 nitrogen and oxygen atoms in total. The molecule has 0 aromatic rings. The first kappa shape index (κ1) is 15.4. The summed E-state index contributed by atoms with van der Waals surface area (Å²) >= 11 is 0. The SMILES string of the molecule is CCC(CN)C(=O)N1CCC(NS(C)(=O)=O)CC1. The Hall–Kier alpha value is -0.660. The van der Waals surface area contributed by atoms with Crippen LogP contribution < -0.4 is 10.5 Å². The second-order valence-electron chi connectivity index (χ2n) is 4.83. The van der Waals surface area contributed by atoms with Gasteiger partial charge in [-0.25, -0.2) is 13.1 Å². The molecule has 1 heterocycles. The monoisotopic (exact) mass is 277 g/mol. The summed E-state index contributed by atoms with van der Waals surface area (Å²) in [7, 11) is -3.16. The second kappa shape index (κ2) is 6.49. The lowest BCUT2D eigenvalue weighted by Gasteiger charge is -2.33. The number of likely N-dealkylation sites (tertiary alicyclic amines) is 1. The standard InChI is InChI=1S/C11H23N3O3S/c1-3-9(8-12)11(15)14-6-4-10(5-7-14)13-18(2,16)17/h9-10,13H,3-8,12H2,1-2H3. The molecule has 0 aromatic heterocycles. The summed E-state index contributed by atoms with van der Waals surface area (Å²) in [4.78, 5) is 13.9. The lowest BCUT2D eigenvalue weighted by atomic mass is 10.0. The Morgan fingerprint density at radius 3 is 2.39 bits per heavy atom. The zero-order valence-electron chi connectivity index (χ0n) is 11.1. The van der Waals surface area contributed by atoms with Gasteiger partial charge in [-0.1, -0.05) is 6.92 Å². The Morgan fingerprint density at radius 1 is 1.44 bits per heavy atom. The van der Waals surface area contributed by atoms with Gasteiger partial charge in [0.1, 0.15) is 0 Å². The Bertz CT molecular complexity index is 371. The van der Waals surface area contributed by atoms with Gasteiger partial charge in [0.05, 0.1) is 12.2 Å². The third-order valence-corrected chi connectivity index (χ3v) is 4.08. The fourth-order valence-corrected chi connectivity index (χ4v) is 3.06. The van der Waals surface area contributed by atoms with Crippen molar-refractivity contribution in [3.05, 3.63) is 0 Å². The minimum absolute atomic E-state index is 0.0537. The van der Waals surface area contributed by atoms with Gasteiger partial charge in [-0.3, -0.25) is 4.79 Å². The van der Waals surface area contributed by atoms with Gasteiger partial charge < -0.3 is 10.6 Å². The number of piperidine rings is 1. The van der Waals surface area contributed by atoms with Crippen LogP contribution >= 0.6 is 0 Å². The van der Waals surface area contributed by atoms with Gasteiger partial charge >= 0.3 is 0 Å². The van der Waals surface area contributed by atoms with Crippen molar-refractivity contribution in [2.75, 3.05) is 25.9 Å². The second-order valence-corrected chi connectivity index (χ2v) is 6.61. The number of carbonyl (C=O) groups is 1. The van der Waals surface area contributed by atoms with Crippen LogP contribution in [0.3, 0.4) is 0 Å². The zero-order chi connectivity index (χ0) is 13.8. The molecule has 0 saturated carbocycles. The summed E-state index contributed by atoms with van der Waals surface area (Å²) in [6, 6.07) is -0.0537. The highest BCUT2D eigenvalue weighted by molar-refractivity contribution is 7.88. The summed E-state index contributed by atoms with van der Waals surface area (Å²) in [6.07, 6.45) is 3.24. The molecule has 1 fully saturated rings. The number of amides is 1. The highest BCUT2D eigenvalue weighted by atomic mass is 32.2. The van der Waals surface area contributed by atoms with Gasteiger partial charge in [-0.05, 0) is 19.3 Å². The van der Waals surface area contributed by atoms with E-state index in [9.17, 15) is 13.2 Å². The summed E-state index contributed by atoms with van der Waals surface area (Å²) in [6.45, 7) is 3.52. The molecule has 1 saturated heterocycles. The number of nitrogens with two attached hydrogens (primary N) is 1. The lowest BCUT2D eigenvalue weighted by molar-refractivity contribution is -0.136. The van der Waals surface area contributed by atoms with E-state index < -0.39 is 10.0 Å². The summed E-state index contributed by atoms with van der Waals surface area (Å²) in [5, 5.41) is 0. The average molecular weight is 277 g/mol. The van der Waals surface area contributed by atoms with Crippen LogP contribution in [-0.4, -0.2) is 51.2 Å². The molecule has 1 aliphatic rings. The van der Waals surface area contributed by atoms with E-state index in [1.54, 1.807) is 4.90 Å². The highest BCUT2D eigenvalue weighted by Gasteiger charge is 2.27. The van der Waals surface area contributed by atoms with E-state index in [1.807, 2.05) is 6.92 Å². The number of nitrogens with zero attached hydrogens (tertiary/aromatic N) is 1. The maximum Gasteiger partial charge on any atom is 0.226 e. The molecule has 7 heteroatoms. The first-order chi connectivity index (χ1) is 8.37. The maximum absolute atomic E-state index is 12.1. The van der Waals surface area contributed by atoms with Gasteiger partial charge in [-0.15, -0.1) is 0 Å². The normalized spacial score (nSPS) is 19.8. The quantitative estimate of drug-likeness (QED) is 0.709. The van der Waals surface area contributed by atoms with Gasteiger partial charge in [0.25, 0.3) is 0 Å². The van der Waals surface area contributed by atoms with Crippen LogP contribution in [0.15, 0.2) is 0 Å². The molecule has 0 radical (unpaired) electrons. The van der Waals surface area contributed by atoms with Crippen molar-refractivity contribution >= 4 is 15.9 Å². The maximum atomic E-state index is 12.1. The number of carbonyl (C=O) groups excluding carboxylic acids is 1. The van der Waals surface area contributed by atoms with E-state index in [4.69, 9.17) is 5.73 Å². The summed E-state index contributed by atoms with van der Waals surface area (Å²) in [5.74, 6) is -0.0118. The van der Waals surface area contributed by atoms with Crippen LogP contribution in [0.5, 0.6) is 0 Å². The number of hydrogen-bond acceptors (Lipinski definition) is 4. The van der Waals surface area contributed by atoms with E-state index in [0.717, 1.165) is 12.7 Å². The topological polar surface area (TPSA) is 92.5 Å². The third-order valence-electron chi connectivity index (χ3n) is 3.31. The van der Waals surface area contributed by atoms with E-state index in [0.29, 0.717) is 32.5 Å². The highest BCUT2D eigenvalue weighted by Crippen LogP contribution is 2.15. The molecule has 0 aromatic carbocycles. The van der Waals surface area contributed by atoms with Crippen molar-refractivity contribution < 1.29 is 13.2 Å². The van der Waals surface area contributed by atoms with E-state index >= 15 is 0 Å². The fraction of sp³-hybridized carbons (Fsp3) is 0.909. The van der Waals surface area contributed by atoms with Gasteiger partial charge in [0, 0.05) is 25.7 Å². The van der Waals surface area contributed by atoms with Crippen LogP contribution in [0.25, 0.3) is 0 Å². The smallest absolute Gasteiger partial charge is 0.226 e. The number of nitrogens with one attached hydrogen (secondary N) is 1. The first-order valence-electron chi connectivity index (χ1n) is 6.33. The molecular formula is C11H23N3O3S. The van der Waals surface area contributed by atoms with Crippen molar-refractivity contribution in [2.24, 2.45) is 11.7 Å². The van der Waals surface area contributed by atoms with Crippen LogP contribution in [0.1, 0.15) is 26.2 Å². The zero-order valence-corrected chi connectivity index (χ0v) is 11.9. The van der Waals surface area contributed by atoms with Crippen LogP contribution in [0.4, 0.5) is 0 Å². The summed E-state index contributed by atoms with van der Waals surface area (Å²) in [5.41, 5.74) is 5.56. The largest absolute Gasteiger partial charge is 0.342 e. The van der Waals surface area contributed by atoms with Crippen molar-refractivity contribution in [1.82, 2.24) is 9.62 Å². The van der Waals surface area contributed by atoms with Gasteiger partial charge in [0.15, 0.2) is 0 Å². The predicted molar refractivity (Wildman–Crippen MR) is 70.4 cm³/mol. The fourth-order valence-electron chi connectivity index (χ4n) is 2.22. The Labute approximate surface area is 109 Å². The minimum Gasteiger partial charge on any atom is -0.342 e. The molecule has 1 rings (SSSR count). The van der Waals surface area contributed by atoms with Crippen molar-refractivity contribution in [3.8, 4) is 0 Å². The van der Waals surface area contributed by atoms with Crippen LogP contribution in [-0.2, 0) is 14.8 Å². The van der Waals surface area contributed by atoms with Crippen LogP contribution in [0, 0.1) is 5.92 Å². The molecule has 1 unspecified atom stereocenters. The average Bonchev–Trinajstić information content (AvgIpc) is 2.29. The molecule has 0 aliphatic carbocycles. The van der Waals surface area contributed by atoms with Crippen LogP contribution in [0.2, 0.25) is 0 Å². The summed E-state index contributed by atoms with van der Waals surface area (Å²) < 4.78 is 24.8. The molecule has 1 amide bonds. The van der Waals surface area contributed by atoms with Gasteiger partial charge in [-0.2, -0.15) is 0 Å². The van der Waals surface area contributed by atoms with E-state index in [-0.39, 0.29) is 17.9 Å². The molecule has 3 N–H and O–H groups in total.